The van der Waals surface area contributed by atoms with Crippen molar-refractivity contribution in [1.29, 1.82) is 0 Å². The van der Waals surface area contributed by atoms with Gasteiger partial charge in [-0.25, -0.2) is 4.79 Å². The van der Waals surface area contributed by atoms with Gasteiger partial charge in [0.15, 0.2) is 5.31 Å². The lowest BCUT2D eigenvalue weighted by Gasteiger charge is -2.46. The number of allylic oxidation sites excluding steroid dienone is 3. The number of carbonyl (C=O) groups excluding carboxylic acids is 1. The molecule has 3 aliphatic heterocycles. The van der Waals surface area contributed by atoms with Crippen molar-refractivity contribution in [3.8, 4) is 0 Å². The number of hydrazone groups is 1. The smallest absolute Gasteiger partial charge is 0.342 e. The highest BCUT2D eigenvalue weighted by Gasteiger charge is 2.51. The van der Waals surface area contributed by atoms with E-state index in [1.165, 1.54) is 43.0 Å². The van der Waals surface area contributed by atoms with Crippen LogP contribution in [0.3, 0.4) is 0 Å². The van der Waals surface area contributed by atoms with Gasteiger partial charge in [0, 0.05) is 30.5 Å². The topological polar surface area (TPSA) is 47.9 Å². The molecule has 0 aromatic carbocycles. The number of alkyl halides is 2. The van der Waals surface area contributed by atoms with Crippen molar-refractivity contribution >= 4 is 70.5 Å². The Morgan fingerprint density at radius 3 is 2.58 bits per heavy atom. The lowest BCUT2D eigenvalue weighted by Crippen LogP contribution is -2.50. The molecule has 6 atom stereocenters. The minimum absolute atomic E-state index is 0.0169. The number of carbonyl (C=O) groups is 1. The summed E-state index contributed by atoms with van der Waals surface area (Å²) < 4.78 is 0.0169. The molecule has 5 unspecified atom stereocenters. The van der Waals surface area contributed by atoms with Gasteiger partial charge >= 0.3 is 5.65 Å². The second-order valence-electron chi connectivity index (χ2n) is 10.6. The van der Waals surface area contributed by atoms with E-state index in [9.17, 15) is 4.79 Å². The Bertz CT molecular complexity index is 920. The zero-order valence-corrected chi connectivity index (χ0v) is 25.1. The molecule has 5 nitrogen and oxygen atoms in total. The zero-order valence-electron chi connectivity index (χ0n) is 19.9. The van der Waals surface area contributed by atoms with Gasteiger partial charge in [-0.05, 0) is 44.4 Å². The van der Waals surface area contributed by atoms with Gasteiger partial charge in [-0.3, -0.25) is 10.3 Å². The van der Waals surface area contributed by atoms with E-state index in [4.69, 9.17) is 0 Å². The Kier molecular flexibility index (Phi) is 7.23. The Balaban J connectivity index is 1.39. The molecule has 2 fully saturated rings. The number of fused-ring (bicyclic) bond motifs is 1. The number of amides is 1. The number of halogens is 2. The second kappa shape index (κ2) is 9.72. The second-order valence-corrected chi connectivity index (χ2v) is 18.9. The van der Waals surface area contributed by atoms with Gasteiger partial charge in [-0.2, -0.15) is 5.10 Å². The average molecular weight is 693 g/mol. The molecule has 3 heterocycles. The Morgan fingerprint density at radius 1 is 1.24 bits per heavy atom. The summed E-state index contributed by atoms with van der Waals surface area (Å²) in [7, 11) is 1.31. The van der Waals surface area contributed by atoms with Gasteiger partial charge in [0.05, 0.1) is 7.63 Å². The third kappa shape index (κ3) is 4.68. The molecule has 180 valence electrons. The molecule has 8 heteroatoms. The molecular weight excluding hydrogens is 657 g/mol. The molecule has 1 amide bonds. The fourth-order valence-corrected chi connectivity index (χ4v) is 10.3. The molecule has 0 bridgehead atoms. The summed E-state index contributed by atoms with van der Waals surface area (Å²) in [6.07, 6.45) is 16.9. The number of rotatable bonds is 6. The predicted molar refractivity (Wildman–Crippen MR) is 156 cm³/mol. The summed E-state index contributed by atoms with van der Waals surface area (Å²) in [6, 6.07) is 0.344. The number of nitrogens with one attached hydrogen (secondary N) is 1. The Hall–Kier alpha value is -0.150. The number of hydrogen-bond donors (Lipinski definition) is 1. The van der Waals surface area contributed by atoms with Crippen LogP contribution in [-0.2, 0) is 0 Å². The Morgan fingerprint density at radius 2 is 1.97 bits per heavy atom. The van der Waals surface area contributed by atoms with Crippen LogP contribution >= 0.6 is 52.7 Å². The summed E-state index contributed by atoms with van der Waals surface area (Å²) in [5, 5.41) is 5.69. The Labute approximate surface area is 226 Å². The molecule has 5 aliphatic rings. The molecule has 0 spiro atoms. The molecule has 33 heavy (non-hydrogen) atoms. The summed E-state index contributed by atoms with van der Waals surface area (Å²) in [6.45, 7) is 4.51. The van der Waals surface area contributed by atoms with Crippen molar-refractivity contribution in [2.75, 3.05) is 7.05 Å². The third-order valence-electron chi connectivity index (χ3n) is 8.46. The largest absolute Gasteiger partial charge is 0.429 e. The standard InChI is InChI=1S/C25H36I2N4OP/c1-4-16-11-20(25(2,26)27)21-13-31(24(32)33(21)14-16)19-10-6-9-18(12-19)22(17-7-5-8-17)23-29-28-15-30(23)3/h11,13-19,22-23,29H,4-10,12H2,1-3H3/q+1/t16?,18?,19?,22-,23?/m1/s1. The highest BCUT2D eigenvalue weighted by atomic mass is 127. The first-order chi connectivity index (χ1) is 15.8. The van der Waals surface area contributed by atoms with Crippen LogP contribution in [0.5, 0.6) is 0 Å². The molecule has 1 N–H and O–H groups in total. The van der Waals surface area contributed by atoms with Gasteiger partial charge in [-0.1, -0.05) is 83.9 Å². The van der Waals surface area contributed by atoms with Crippen molar-refractivity contribution in [3.63, 3.8) is 0 Å². The normalized spacial score (nSPS) is 34.3. The van der Waals surface area contributed by atoms with Crippen molar-refractivity contribution in [2.24, 2.45) is 28.8 Å². The van der Waals surface area contributed by atoms with Crippen molar-refractivity contribution < 1.29 is 4.79 Å². The van der Waals surface area contributed by atoms with Crippen LogP contribution in [0.4, 0.5) is 4.79 Å². The van der Waals surface area contributed by atoms with E-state index >= 15 is 0 Å². The van der Waals surface area contributed by atoms with Gasteiger partial charge < -0.3 is 4.90 Å². The van der Waals surface area contributed by atoms with E-state index in [2.05, 4.69) is 104 Å². The fourth-order valence-electron chi connectivity index (χ4n) is 6.46. The van der Waals surface area contributed by atoms with Crippen LogP contribution in [-0.4, -0.2) is 48.3 Å². The SMILES string of the molecule is CCC1C=C(C(C)(I)I)C2=CN(C3CCCC([C@@H](C4CCC4)C4NN=CN4C)C3)C(=O)[P+]2=C1. The van der Waals surface area contributed by atoms with E-state index in [0.29, 0.717) is 35.6 Å². The van der Waals surface area contributed by atoms with Crippen LogP contribution in [0.2, 0.25) is 0 Å². The molecule has 2 saturated carbocycles. The summed E-state index contributed by atoms with van der Waals surface area (Å²) in [5.74, 6) is 4.85. The molecule has 2 aliphatic carbocycles. The maximum atomic E-state index is 13.8. The van der Waals surface area contributed by atoms with Crippen LogP contribution in [0.25, 0.3) is 0 Å². The zero-order chi connectivity index (χ0) is 23.3. The molecule has 0 aromatic rings. The molecule has 0 aromatic heterocycles. The maximum Gasteiger partial charge on any atom is 0.429 e. The quantitative estimate of drug-likeness (QED) is 0.188. The first-order valence-corrected chi connectivity index (χ1v) is 16.1. The van der Waals surface area contributed by atoms with E-state index < -0.39 is 7.55 Å². The van der Waals surface area contributed by atoms with Crippen LogP contribution in [0.15, 0.2) is 28.3 Å². The molecular formula is C25H36I2N4OP+. The van der Waals surface area contributed by atoms with Crippen LogP contribution in [0.1, 0.15) is 65.2 Å². The predicted octanol–water partition coefficient (Wildman–Crippen LogP) is 6.88. The summed E-state index contributed by atoms with van der Waals surface area (Å²) in [5.41, 5.74) is 5.18. The third-order valence-corrected chi connectivity index (χ3v) is 11.8. The van der Waals surface area contributed by atoms with E-state index in [1.807, 2.05) is 6.34 Å². The lowest BCUT2D eigenvalue weighted by molar-refractivity contribution is 0.0367. The fraction of sp³-hybridized carbons (Fsp3) is 0.720. The van der Waals surface area contributed by atoms with E-state index in [1.54, 1.807) is 0 Å². The van der Waals surface area contributed by atoms with E-state index in [0.717, 1.165) is 25.2 Å². The summed E-state index contributed by atoms with van der Waals surface area (Å²) in [4.78, 5) is 18.2. The average Bonchev–Trinajstić information content (AvgIpc) is 3.32. The molecule has 0 radical (unpaired) electrons. The number of hydrogen-bond acceptors (Lipinski definition) is 4. The minimum atomic E-state index is -0.839. The molecule has 5 rings (SSSR count). The van der Waals surface area contributed by atoms with Crippen molar-refractivity contribution in [2.45, 2.75) is 78.9 Å². The van der Waals surface area contributed by atoms with Crippen molar-refractivity contribution in [1.82, 2.24) is 15.2 Å². The van der Waals surface area contributed by atoms with Gasteiger partial charge in [0.2, 0.25) is 7.55 Å². The minimum Gasteiger partial charge on any atom is -0.342 e. The highest BCUT2D eigenvalue weighted by Crippen LogP contribution is 2.57. The first-order valence-electron chi connectivity index (χ1n) is 12.6. The molecule has 0 saturated heterocycles. The first kappa shape index (κ1) is 24.5. The van der Waals surface area contributed by atoms with Crippen LogP contribution < -0.4 is 5.43 Å². The van der Waals surface area contributed by atoms with Gasteiger partial charge in [-0.15, -0.1) is 0 Å². The highest BCUT2D eigenvalue weighted by molar-refractivity contribution is 14.2. The number of nitrogens with zero attached hydrogens (tertiary/aromatic N) is 3. The van der Waals surface area contributed by atoms with Crippen molar-refractivity contribution in [3.05, 3.63) is 23.2 Å². The van der Waals surface area contributed by atoms with E-state index in [-0.39, 0.29) is 1.43 Å². The monoisotopic (exact) mass is 693 g/mol. The maximum absolute atomic E-state index is 13.8. The summed E-state index contributed by atoms with van der Waals surface area (Å²) >= 11 is 5.08. The van der Waals surface area contributed by atoms with Gasteiger partial charge in [0.1, 0.15) is 18.3 Å². The lowest BCUT2D eigenvalue weighted by atomic mass is 9.65. The van der Waals surface area contributed by atoms with Gasteiger partial charge in [0.25, 0.3) is 0 Å². The van der Waals surface area contributed by atoms with Crippen LogP contribution in [0, 0.1) is 23.7 Å².